The Balaban J connectivity index is 1.49. The van der Waals surface area contributed by atoms with E-state index in [1.165, 1.54) is 0 Å². The van der Waals surface area contributed by atoms with Gasteiger partial charge in [-0.2, -0.15) is 0 Å². The fraction of sp³-hybridized carbons (Fsp3) is 0.143. The molecule has 1 aliphatic heterocycles. The lowest BCUT2D eigenvalue weighted by Crippen LogP contribution is -2.33. The van der Waals surface area contributed by atoms with Gasteiger partial charge in [-0.3, -0.25) is 9.59 Å². The van der Waals surface area contributed by atoms with Crippen LogP contribution in [0.3, 0.4) is 0 Å². The van der Waals surface area contributed by atoms with Gasteiger partial charge in [0.1, 0.15) is 11.6 Å². The largest absolute Gasteiger partial charge is 0.274 e. The molecule has 2 amide bonds. The number of benzene rings is 3. The Morgan fingerprint density at radius 1 is 0.667 bits per heavy atom. The Kier molecular flexibility index (Phi) is 4.40. The summed E-state index contributed by atoms with van der Waals surface area (Å²) < 4.78 is 27.7. The lowest BCUT2D eigenvalue weighted by molar-refractivity contribution is -0.122. The second-order valence-corrected chi connectivity index (χ2v) is 8.69. The molecule has 4 atom stereocenters. The van der Waals surface area contributed by atoms with Crippen molar-refractivity contribution in [2.24, 2.45) is 23.7 Å². The van der Waals surface area contributed by atoms with E-state index >= 15 is 0 Å². The first-order valence-electron chi connectivity index (χ1n) is 10.9. The molecular weight excluding hydrogens is 420 g/mol. The van der Waals surface area contributed by atoms with E-state index in [9.17, 15) is 18.4 Å². The first kappa shape index (κ1) is 19.8. The summed E-state index contributed by atoms with van der Waals surface area (Å²) in [5.74, 6) is -4.06. The van der Waals surface area contributed by atoms with Crippen molar-refractivity contribution in [1.82, 2.24) is 0 Å². The van der Waals surface area contributed by atoms with E-state index in [0.717, 1.165) is 45.4 Å². The van der Waals surface area contributed by atoms with E-state index < -0.39 is 35.3 Å². The molecule has 2 aliphatic carbocycles. The van der Waals surface area contributed by atoms with E-state index in [2.05, 4.69) is 0 Å². The zero-order valence-corrected chi connectivity index (χ0v) is 17.5. The van der Waals surface area contributed by atoms with Gasteiger partial charge < -0.3 is 0 Å². The summed E-state index contributed by atoms with van der Waals surface area (Å²) in [5, 5.41) is 0. The predicted molar refractivity (Wildman–Crippen MR) is 121 cm³/mol. The average Bonchev–Trinajstić information content (AvgIpc) is 3.44. The molecule has 3 aromatic carbocycles. The van der Waals surface area contributed by atoms with Crippen LogP contribution in [-0.4, -0.2) is 11.8 Å². The van der Waals surface area contributed by atoms with E-state index in [1.54, 1.807) is 0 Å². The molecule has 2 fully saturated rings. The average molecular weight is 439 g/mol. The van der Waals surface area contributed by atoms with E-state index in [-0.39, 0.29) is 17.5 Å². The van der Waals surface area contributed by atoms with Crippen LogP contribution >= 0.6 is 0 Å². The predicted octanol–water partition coefficient (Wildman–Crippen LogP) is 5.39. The standard InChI is InChI=1S/C28H19F2NO2/c29-18-13-19(30)15-20(14-18)31-27(32)25-21-11-12-22(26(25)28(31)33)24(21)23(16-7-3-1-4-8-16)17-9-5-2-6-10-17/h1-15,21-22,25-26H/t21-,22-,25-,26-/m0/s1. The Bertz CT molecular complexity index is 1250. The molecule has 6 rings (SSSR count). The van der Waals surface area contributed by atoms with Crippen molar-refractivity contribution in [3.05, 3.63) is 119 Å². The number of nitrogens with zero attached hydrogens (tertiary/aromatic N) is 1. The molecule has 1 saturated heterocycles. The number of fused-ring (bicyclic) bond motifs is 5. The molecule has 3 nitrogen and oxygen atoms in total. The topological polar surface area (TPSA) is 37.4 Å². The third-order valence-electron chi connectivity index (χ3n) is 6.93. The van der Waals surface area contributed by atoms with Gasteiger partial charge in [0, 0.05) is 17.9 Å². The van der Waals surface area contributed by atoms with Crippen molar-refractivity contribution < 1.29 is 18.4 Å². The molecular formula is C28H19F2NO2. The third-order valence-corrected chi connectivity index (χ3v) is 6.93. The number of anilines is 1. The van der Waals surface area contributed by atoms with Crippen molar-refractivity contribution in [3.63, 3.8) is 0 Å². The zero-order chi connectivity index (χ0) is 22.7. The summed E-state index contributed by atoms with van der Waals surface area (Å²) in [6, 6.07) is 22.7. The first-order chi connectivity index (χ1) is 16.0. The van der Waals surface area contributed by atoms with Gasteiger partial charge in [0.15, 0.2) is 0 Å². The third kappa shape index (κ3) is 2.92. The molecule has 1 heterocycles. The Morgan fingerprint density at radius 2 is 1.12 bits per heavy atom. The van der Waals surface area contributed by atoms with E-state index in [0.29, 0.717) is 0 Å². The van der Waals surface area contributed by atoms with Crippen LogP contribution < -0.4 is 4.90 Å². The Labute approximate surface area is 189 Å². The normalized spacial score (nSPS) is 25.2. The van der Waals surface area contributed by atoms with Gasteiger partial charge in [0.25, 0.3) is 0 Å². The van der Waals surface area contributed by atoms with Crippen molar-refractivity contribution >= 4 is 23.1 Å². The molecule has 1 saturated carbocycles. The minimum atomic E-state index is -0.820. The Hall–Kier alpha value is -3.86. The summed E-state index contributed by atoms with van der Waals surface area (Å²) in [6.07, 6.45) is 4.02. The maximum Gasteiger partial charge on any atom is 0.238 e. The molecule has 3 aliphatic rings. The van der Waals surface area contributed by atoms with Crippen LogP contribution in [0, 0.1) is 35.3 Å². The summed E-state index contributed by atoms with van der Waals surface area (Å²) in [5.41, 5.74) is 4.11. The number of carbonyl (C=O) groups excluding carboxylic acids is 2. The van der Waals surface area contributed by atoms with Gasteiger partial charge in [-0.15, -0.1) is 0 Å². The van der Waals surface area contributed by atoms with Crippen molar-refractivity contribution in [3.8, 4) is 0 Å². The SMILES string of the molecule is O=C1[C@@H]2[C@@H](C(=O)N1c1cc(F)cc(F)c1)[C@H]1C=C[C@H]2C1=C(c1ccccc1)c1ccccc1. The molecule has 5 heteroatoms. The minimum absolute atomic E-state index is 0.0480. The highest BCUT2D eigenvalue weighted by atomic mass is 19.1. The summed E-state index contributed by atoms with van der Waals surface area (Å²) >= 11 is 0. The van der Waals surface area contributed by atoms with Crippen LogP contribution in [0.4, 0.5) is 14.5 Å². The second kappa shape index (κ2) is 7.34. The lowest BCUT2D eigenvalue weighted by Gasteiger charge is -2.21. The number of allylic oxidation sites excluding steroid dienone is 3. The van der Waals surface area contributed by atoms with Gasteiger partial charge in [-0.05, 0) is 34.4 Å². The number of rotatable bonds is 3. The first-order valence-corrected chi connectivity index (χ1v) is 10.9. The highest BCUT2D eigenvalue weighted by Gasteiger charge is 2.62. The lowest BCUT2D eigenvalue weighted by atomic mass is 9.85. The summed E-state index contributed by atoms with van der Waals surface area (Å²) in [6.45, 7) is 0. The van der Waals surface area contributed by atoms with Gasteiger partial charge in [-0.1, -0.05) is 72.8 Å². The fourth-order valence-electron chi connectivity index (χ4n) is 5.73. The van der Waals surface area contributed by atoms with Crippen LogP contribution in [0.5, 0.6) is 0 Å². The Morgan fingerprint density at radius 3 is 1.58 bits per heavy atom. The zero-order valence-electron chi connectivity index (χ0n) is 17.5. The highest BCUT2D eigenvalue weighted by molar-refractivity contribution is 6.23. The van der Waals surface area contributed by atoms with Crippen molar-refractivity contribution in [2.45, 2.75) is 0 Å². The molecule has 0 N–H and O–H groups in total. The van der Waals surface area contributed by atoms with Crippen LogP contribution in [-0.2, 0) is 9.59 Å². The number of hydrogen-bond donors (Lipinski definition) is 0. The summed E-state index contributed by atoms with van der Waals surface area (Å²) in [7, 11) is 0. The molecule has 162 valence electrons. The summed E-state index contributed by atoms with van der Waals surface area (Å²) in [4.78, 5) is 27.9. The van der Waals surface area contributed by atoms with Crippen LogP contribution in [0.25, 0.3) is 5.57 Å². The van der Waals surface area contributed by atoms with Gasteiger partial charge in [0.05, 0.1) is 17.5 Å². The second-order valence-electron chi connectivity index (χ2n) is 8.69. The molecule has 0 unspecified atom stereocenters. The monoisotopic (exact) mass is 439 g/mol. The number of amides is 2. The van der Waals surface area contributed by atoms with Gasteiger partial charge in [-0.25, -0.2) is 13.7 Å². The van der Waals surface area contributed by atoms with Gasteiger partial charge in [0.2, 0.25) is 11.8 Å². The quantitative estimate of drug-likeness (QED) is 0.406. The number of halogens is 2. The molecule has 0 aromatic heterocycles. The molecule has 0 radical (unpaired) electrons. The fourth-order valence-corrected chi connectivity index (χ4v) is 5.73. The number of carbonyl (C=O) groups is 2. The maximum absolute atomic E-state index is 13.8. The van der Waals surface area contributed by atoms with E-state index in [1.807, 2.05) is 72.8 Å². The molecule has 2 bridgehead atoms. The number of imide groups is 1. The van der Waals surface area contributed by atoms with Gasteiger partial charge >= 0.3 is 0 Å². The van der Waals surface area contributed by atoms with E-state index in [4.69, 9.17) is 0 Å². The van der Waals surface area contributed by atoms with Crippen LogP contribution in [0.15, 0.2) is 96.6 Å². The van der Waals surface area contributed by atoms with Crippen LogP contribution in [0.2, 0.25) is 0 Å². The minimum Gasteiger partial charge on any atom is -0.274 e. The smallest absolute Gasteiger partial charge is 0.238 e. The molecule has 3 aromatic rings. The molecule has 33 heavy (non-hydrogen) atoms. The molecule has 0 spiro atoms. The van der Waals surface area contributed by atoms with Crippen molar-refractivity contribution in [1.29, 1.82) is 0 Å². The van der Waals surface area contributed by atoms with Crippen LogP contribution in [0.1, 0.15) is 11.1 Å². The maximum atomic E-state index is 13.8. The van der Waals surface area contributed by atoms with Crippen molar-refractivity contribution in [2.75, 3.05) is 4.90 Å². The highest BCUT2D eigenvalue weighted by Crippen LogP contribution is 2.58. The number of hydrogen-bond acceptors (Lipinski definition) is 2.